The number of likely N-dealkylation sites (N-methyl/N-ethyl adjacent to an activating group) is 1. The molecule has 15 heavy (non-hydrogen) atoms. The van der Waals surface area contributed by atoms with Gasteiger partial charge in [0.2, 0.25) is 0 Å². The molecule has 3 nitrogen and oxygen atoms in total. The summed E-state index contributed by atoms with van der Waals surface area (Å²) in [6.07, 6.45) is 0. The highest BCUT2D eigenvalue weighted by Crippen LogP contribution is 2.37. The Kier molecular flexibility index (Phi) is 2.61. The zero-order chi connectivity index (χ0) is 11.0. The Bertz CT molecular complexity index is 406. The van der Waals surface area contributed by atoms with Gasteiger partial charge in [0.15, 0.2) is 0 Å². The second kappa shape index (κ2) is 3.77. The van der Waals surface area contributed by atoms with Gasteiger partial charge in [-0.1, -0.05) is 6.07 Å². The topological polar surface area (TPSA) is 40.5 Å². The van der Waals surface area contributed by atoms with Crippen LogP contribution in [-0.4, -0.2) is 29.9 Å². The number of thioether (sulfide) groups is 1. The molecule has 0 saturated heterocycles. The molecule has 1 heterocycles. The molecule has 0 spiro atoms. The summed E-state index contributed by atoms with van der Waals surface area (Å²) in [5, 5.41) is 9.05. The molecule has 0 bridgehead atoms. The number of hydrogen-bond donors (Lipinski definition) is 1. The smallest absolute Gasteiger partial charge is 0.327 e. The van der Waals surface area contributed by atoms with Crippen molar-refractivity contribution < 1.29 is 9.90 Å². The second-order valence-electron chi connectivity index (χ2n) is 3.75. The van der Waals surface area contributed by atoms with Crippen LogP contribution in [-0.2, 0) is 4.79 Å². The predicted molar refractivity (Wildman–Crippen MR) is 61.7 cm³/mol. The first kappa shape index (κ1) is 10.4. The van der Waals surface area contributed by atoms with Crippen molar-refractivity contribution in [3.8, 4) is 0 Å². The highest BCUT2D eigenvalue weighted by Gasteiger charge is 2.29. The van der Waals surface area contributed by atoms with E-state index in [2.05, 4.69) is 12.1 Å². The molecule has 1 unspecified atom stereocenters. The molecule has 0 aromatic heterocycles. The van der Waals surface area contributed by atoms with Gasteiger partial charge in [-0.05, 0) is 24.6 Å². The first-order valence-electron chi connectivity index (χ1n) is 4.78. The number of hydrogen-bond acceptors (Lipinski definition) is 3. The summed E-state index contributed by atoms with van der Waals surface area (Å²) in [7, 11) is 1.84. The molecule has 1 aromatic rings. The number of carboxylic acid groups (broad SMARTS) is 1. The summed E-state index contributed by atoms with van der Waals surface area (Å²) < 4.78 is 0. The molecule has 4 heteroatoms. The fourth-order valence-electron chi connectivity index (χ4n) is 1.71. The number of rotatable bonds is 1. The quantitative estimate of drug-likeness (QED) is 0.790. The van der Waals surface area contributed by atoms with Gasteiger partial charge in [0.25, 0.3) is 0 Å². The number of nitrogens with zero attached hydrogens (tertiary/aromatic N) is 1. The lowest BCUT2D eigenvalue weighted by Gasteiger charge is -2.33. The Morgan fingerprint density at radius 3 is 3.00 bits per heavy atom. The zero-order valence-corrected chi connectivity index (χ0v) is 9.54. The van der Waals surface area contributed by atoms with Gasteiger partial charge in [0, 0.05) is 17.7 Å². The van der Waals surface area contributed by atoms with Gasteiger partial charge in [-0.15, -0.1) is 11.8 Å². The van der Waals surface area contributed by atoms with E-state index in [-0.39, 0.29) is 0 Å². The maximum Gasteiger partial charge on any atom is 0.327 e. The van der Waals surface area contributed by atoms with Gasteiger partial charge >= 0.3 is 5.97 Å². The van der Waals surface area contributed by atoms with Crippen LogP contribution in [0.5, 0.6) is 0 Å². The summed E-state index contributed by atoms with van der Waals surface area (Å²) in [4.78, 5) is 14.0. The number of fused-ring (bicyclic) bond motifs is 1. The van der Waals surface area contributed by atoms with E-state index in [1.54, 1.807) is 11.8 Å². The lowest BCUT2D eigenvalue weighted by molar-refractivity contribution is -0.138. The lowest BCUT2D eigenvalue weighted by Crippen LogP contribution is -2.42. The van der Waals surface area contributed by atoms with Crippen molar-refractivity contribution in [2.24, 2.45) is 0 Å². The van der Waals surface area contributed by atoms with Crippen LogP contribution in [0, 0.1) is 6.92 Å². The Morgan fingerprint density at radius 2 is 2.33 bits per heavy atom. The van der Waals surface area contributed by atoms with Crippen molar-refractivity contribution in [1.29, 1.82) is 0 Å². The maximum atomic E-state index is 11.0. The molecular formula is C11H13NO2S. The van der Waals surface area contributed by atoms with Gasteiger partial charge in [-0.3, -0.25) is 0 Å². The molecule has 80 valence electrons. The van der Waals surface area contributed by atoms with Gasteiger partial charge in [-0.2, -0.15) is 0 Å². The van der Waals surface area contributed by atoms with E-state index in [1.807, 2.05) is 24.9 Å². The van der Waals surface area contributed by atoms with Crippen molar-refractivity contribution in [3.05, 3.63) is 23.8 Å². The normalized spacial score (nSPS) is 19.9. The number of carboxylic acids is 1. The summed E-state index contributed by atoms with van der Waals surface area (Å²) in [6, 6.07) is 5.74. The molecule has 0 radical (unpaired) electrons. The molecule has 1 N–H and O–H groups in total. The third kappa shape index (κ3) is 1.81. The number of anilines is 1. The highest BCUT2D eigenvalue weighted by atomic mass is 32.2. The van der Waals surface area contributed by atoms with Crippen LogP contribution in [0.25, 0.3) is 0 Å². The fraction of sp³-hybridized carbons (Fsp3) is 0.364. The van der Waals surface area contributed by atoms with Gasteiger partial charge < -0.3 is 10.0 Å². The predicted octanol–water partition coefficient (Wildman–Crippen LogP) is 1.99. The first-order chi connectivity index (χ1) is 7.09. The molecule has 1 aliphatic heterocycles. The third-order valence-electron chi connectivity index (χ3n) is 2.64. The SMILES string of the molecule is Cc1ccc2c(c1)N(C)C(C(=O)O)CS2. The van der Waals surface area contributed by atoms with Crippen LogP contribution in [0.15, 0.2) is 23.1 Å². The molecule has 1 atom stereocenters. The molecule has 0 amide bonds. The largest absolute Gasteiger partial charge is 0.480 e. The standard InChI is InChI=1S/C11H13NO2S/c1-7-3-4-10-8(5-7)12(2)9(6-15-10)11(13)14/h3-5,9H,6H2,1-2H3,(H,13,14). The highest BCUT2D eigenvalue weighted by molar-refractivity contribution is 7.99. The Hall–Kier alpha value is -1.16. The van der Waals surface area contributed by atoms with Gasteiger partial charge in [0.05, 0.1) is 5.69 Å². The average Bonchev–Trinajstić information content (AvgIpc) is 2.19. The van der Waals surface area contributed by atoms with Crippen LogP contribution < -0.4 is 4.90 Å². The minimum atomic E-state index is -0.753. The molecule has 0 aliphatic carbocycles. The molecule has 0 saturated carbocycles. The molecular weight excluding hydrogens is 210 g/mol. The summed E-state index contributed by atoms with van der Waals surface area (Å²) in [6.45, 7) is 2.02. The van der Waals surface area contributed by atoms with E-state index >= 15 is 0 Å². The van der Waals surface area contributed by atoms with Crippen LogP contribution in [0.4, 0.5) is 5.69 Å². The van der Waals surface area contributed by atoms with Crippen LogP contribution in [0.2, 0.25) is 0 Å². The van der Waals surface area contributed by atoms with E-state index in [0.717, 1.165) is 11.3 Å². The maximum absolute atomic E-state index is 11.0. The van der Waals surface area contributed by atoms with E-state index < -0.39 is 12.0 Å². The van der Waals surface area contributed by atoms with Crippen molar-refractivity contribution in [1.82, 2.24) is 0 Å². The molecule has 2 rings (SSSR count). The minimum Gasteiger partial charge on any atom is -0.480 e. The van der Waals surface area contributed by atoms with E-state index in [9.17, 15) is 4.79 Å². The second-order valence-corrected chi connectivity index (χ2v) is 4.81. The molecule has 0 fully saturated rings. The Labute approximate surface area is 93.1 Å². The fourth-order valence-corrected chi connectivity index (χ4v) is 2.93. The Morgan fingerprint density at radius 1 is 1.60 bits per heavy atom. The first-order valence-corrected chi connectivity index (χ1v) is 5.77. The Balaban J connectivity index is 2.40. The van der Waals surface area contributed by atoms with E-state index in [0.29, 0.717) is 5.75 Å². The number of aliphatic carboxylic acids is 1. The van der Waals surface area contributed by atoms with Crippen molar-refractivity contribution in [3.63, 3.8) is 0 Å². The van der Waals surface area contributed by atoms with E-state index in [1.165, 1.54) is 4.90 Å². The summed E-state index contributed by atoms with van der Waals surface area (Å²) >= 11 is 1.62. The van der Waals surface area contributed by atoms with Gasteiger partial charge in [0.1, 0.15) is 6.04 Å². The van der Waals surface area contributed by atoms with Crippen LogP contribution in [0.1, 0.15) is 5.56 Å². The number of aryl methyl sites for hydroxylation is 1. The molecule has 1 aliphatic rings. The number of benzene rings is 1. The minimum absolute atomic E-state index is 0.413. The van der Waals surface area contributed by atoms with Crippen molar-refractivity contribution >= 4 is 23.4 Å². The zero-order valence-electron chi connectivity index (χ0n) is 8.73. The summed E-state index contributed by atoms with van der Waals surface area (Å²) in [5.41, 5.74) is 2.19. The third-order valence-corrected chi connectivity index (χ3v) is 3.78. The van der Waals surface area contributed by atoms with Crippen molar-refractivity contribution in [2.45, 2.75) is 17.9 Å². The molecule has 1 aromatic carbocycles. The number of carbonyl (C=O) groups is 1. The van der Waals surface area contributed by atoms with Crippen LogP contribution >= 0.6 is 11.8 Å². The van der Waals surface area contributed by atoms with Crippen molar-refractivity contribution in [2.75, 3.05) is 17.7 Å². The van der Waals surface area contributed by atoms with Gasteiger partial charge in [-0.25, -0.2) is 4.79 Å². The average molecular weight is 223 g/mol. The van der Waals surface area contributed by atoms with E-state index in [4.69, 9.17) is 5.11 Å². The lowest BCUT2D eigenvalue weighted by atomic mass is 10.2. The monoisotopic (exact) mass is 223 g/mol. The van der Waals surface area contributed by atoms with Crippen LogP contribution in [0.3, 0.4) is 0 Å². The summed E-state index contributed by atoms with van der Waals surface area (Å²) in [5.74, 6) is -0.140.